The molecule has 0 radical (unpaired) electrons. The van der Waals surface area contributed by atoms with Crippen LogP contribution in [0.5, 0.6) is 0 Å². The van der Waals surface area contributed by atoms with Gasteiger partial charge in [-0.15, -0.1) is 0 Å². The molecule has 0 unspecified atom stereocenters. The van der Waals surface area contributed by atoms with Crippen molar-refractivity contribution in [2.24, 2.45) is 5.92 Å². The lowest BCUT2D eigenvalue weighted by molar-refractivity contribution is -0.200. The molecule has 3 amide bonds. The maximum Gasteiger partial charge on any atom is 0.288 e. The molecule has 2 N–H and O–H groups in total. The van der Waals surface area contributed by atoms with Crippen LogP contribution in [0.25, 0.3) is 11.3 Å². The number of hydroxylamine groups is 2. The zero-order valence-corrected chi connectivity index (χ0v) is 24.6. The Kier molecular flexibility index (Phi) is 12.6. The van der Waals surface area contributed by atoms with Crippen molar-refractivity contribution in [3.63, 3.8) is 0 Å². The molecule has 2 aromatic carbocycles. The van der Waals surface area contributed by atoms with Gasteiger partial charge in [-0.1, -0.05) is 102 Å². The van der Waals surface area contributed by atoms with Crippen LogP contribution < -0.4 is 10.6 Å². The molecule has 0 aliphatic carbocycles. The average Bonchev–Trinajstić information content (AvgIpc) is 3.49. The van der Waals surface area contributed by atoms with Gasteiger partial charge in [-0.05, 0) is 42.0 Å². The molecular weight excluding hydrogens is 518 g/mol. The predicted octanol–water partition coefficient (Wildman–Crippen LogP) is 6.44. The lowest BCUT2D eigenvalue weighted by atomic mass is 9.90. The molecule has 0 saturated heterocycles. The summed E-state index contributed by atoms with van der Waals surface area (Å²) < 4.78 is 5.78. The van der Waals surface area contributed by atoms with Crippen LogP contribution in [0.4, 0.5) is 0 Å². The summed E-state index contributed by atoms with van der Waals surface area (Å²) in [4.78, 5) is 43.9. The van der Waals surface area contributed by atoms with E-state index in [9.17, 15) is 14.4 Å². The number of hydrogen-bond donors (Lipinski definition) is 2. The van der Waals surface area contributed by atoms with Crippen molar-refractivity contribution < 1.29 is 23.6 Å². The Morgan fingerprint density at radius 3 is 2.32 bits per heavy atom. The predicted molar refractivity (Wildman–Crippen MR) is 160 cm³/mol. The Morgan fingerprint density at radius 2 is 1.68 bits per heavy atom. The van der Waals surface area contributed by atoms with Crippen LogP contribution in [0.1, 0.15) is 87.4 Å². The van der Waals surface area contributed by atoms with E-state index < -0.39 is 17.9 Å². The molecule has 8 heteroatoms. The van der Waals surface area contributed by atoms with E-state index in [4.69, 9.17) is 9.25 Å². The highest BCUT2D eigenvalue weighted by Gasteiger charge is 2.32. The first-order valence-electron chi connectivity index (χ1n) is 14.5. The summed E-state index contributed by atoms with van der Waals surface area (Å²) in [6.07, 6.45) is 4.61. The molecule has 0 aliphatic heterocycles. The van der Waals surface area contributed by atoms with Crippen LogP contribution in [0.15, 0.2) is 71.1 Å². The number of hydrogen-bond acceptors (Lipinski definition) is 5. The van der Waals surface area contributed by atoms with E-state index in [1.165, 1.54) is 10.6 Å². The maximum absolute atomic E-state index is 13.3. The van der Waals surface area contributed by atoms with E-state index in [0.717, 1.165) is 30.4 Å². The smallest absolute Gasteiger partial charge is 0.288 e. The lowest BCUT2D eigenvalue weighted by Gasteiger charge is -2.32. The fourth-order valence-corrected chi connectivity index (χ4v) is 4.76. The van der Waals surface area contributed by atoms with Crippen molar-refractivity contribution in [2.45, 2.75) is 78.4 Å². The maximum atomic E-state index is 13.3. The fraction of sp³-hybridized carbons (Fsp3) is 0.424. The summed E-state index contributed by atoms with van der Waals surface area (Å²) in [5.41, 5.74) is 3.04. The minimum absolute atomic E-state index is 0.0660. The summed E-state index contributed by atoms with van der Waals surface area (Å²) in [6.45, 7) is 8.46. The molecule has 1 aromatic heterocycles. The van der Waals surface area contributed by atoms with Gasteiger partial charge in [0.2, 0.25) is 12.3 Å². The van der Waals surface area contributed by atoms with Crippen LogP contribution in [0.3, 0.4) is 0 Å². The summed E-state index contributed by atoms with van der Waals surface area (Å²) in [7, 11) is 0. The molecule has 2 atom stereocenters. The van der Waals surface area contributed by atoms with Crippen LogP contribution in [-0.4, -0.2) is 36.0 Å². The molecule has 0 bridgehead atoms. The zero-order valence-electron chi connectivity index (χ0n) is 24.6. The van der Waals surface area contributed by atoms with E-state index >= 15 is 0 Å². The van der Waals surface area contributed by atoms with Crippen molar-refractivity contribution >= 4 is 18.2 Å². The van der Waals surface area contributed by atoms with Gasteiger partial charge in [0, 0.05) is 5.56 Å². The van der Waals surface area contributed by atoms with Crippen molar-refractivity contribution in [2.75, 3.05) is 6.67 Å². The molecule has 220 valence electrons. The molecule has 3 rings (SSSR count). The van der Waals surface area contributed by atoms with Gasteiger partial charge < -0.3 is 15.1 Å². The van der Waals surface area contributed by atoms with Crippen molar-refractivity contribution in [3.05, 3.63) is 83.6 Å². The molecule has 41 heavy (non-hydrogen) atoms. The Morgan fingerprint density at radius 1 is 0.951 bits per heavy atom. The number of unbranched alkanes of at least 4 members (excludes halogenated alkanes) is 2. The van der Waals surface area contributed by atoms with E-state index in [1.54, 1.807) is 12.1 Å². The van der Waals surface area contributed by atoms with Crippen molar-refractivity contribution in [3.8, 4) is 11.3 Å². The van der Waals surface area contributed by atoms with E-state index in [-0.39, 0.29) is 24.9 Å². The SMILES string of the molecule is CCCCC[C@@H](C(=O)NCNC(=O)c1ccc(-c2ccc(C(C)C)cc2)o1)[C@@H](CC)N(C=O)OCc1ccccc1. The summed E-state index contributed by atoms with van der Waals surface area (Å²) in [5.74, 6) is 0.0301. The highest BCUT2D eigenvalue weighted by atomic mass is 16.7. The molecule has 0 fully saturated rings. The van der Waals surface area contributed by atoms with E-state index in [2.05, 4.69) is 43.5 Å². The van der Waals surface area contributed by atoms with E-state index in [1.807, 2.05) is 49.4 Å². The molecule has 1 heterocycles. The fourth-order valence-electron chi connectivity index (χ4n) is 4.76. The number of furan rings is 1. The largest absolute Gasteiger partial charge is 0.451 e. The Labute approximate surface area is 243 Å². The number of rotatable bonds is 17. The lowest BCUT2D eigenvalue weighted by Crippen LogP contribution is -2.48. The first-order valence-corrected chi connectivity index (χ1v) is 14.5. The molecule has 8 nitrogen and oxygen atoms in total. The summed E-state index contributed by atoms with van der Waals surface area (Å²) >= 11 is 0. The van der Waals surface area contributed by atoms with Crippen LogP contribution in [-0.2, 0) is 21.0 Å². The second kappa shape index (κ2) is 16.4. The van der Waals surface area contributed by atoms with E-state index in [0.29, 0.717) is 30.9 Å². The van der Waals surface area contributed by atoms with Gasteiger partial charge in [-0.3, -0.25) is 19.2 Å². The standard InChI is InChI=1S/C33H43N3O5/c1-5-7-9-14-28(29(6-2)36(23-37)40-21-25-12-10-8-11-13-25)32(38)34-22-35-33(39)31-20-19-30(41-31)27-17-15-26(16-18-27)24(3)4/h8,10-13,15-20,23-24,28-29H,5-7,9,14,21-22H2,1-4H3,(H,34,38)(H,35,39)/t28-,29-/m1/s1. The quantitative estimate of drug-likeness (QED) is 0.0855. The summed E-state index contributed by atoms with van der Waals surface area (Å²) in [6, 6.07) is 20.6. The number of carbonyl (C=O) groups excluding carboxylic acids is 3. The zero-order chi connectivity index (χ0) is 29.6. The number of carbonyl (C=O) groups is 3. The second-order valence-corrected chi connectivity index (χ2v) is 10.5. The third kappa shape index (κ3) is 9.32. The highest BCUT2D eigenvalue weighted by molar-refractivity contribution is 5.92. The second-order valence-electron chi connectivity index (χ2n) is 10.5. The van der Waals surface area contributed by atoms with Crippen LogP contribution >= 0.6 is 0 Å². The number of amides is 3. The molecule has 0 saturated carbocycles. The van der Waals surface area contributed by atoms with Crippen molar-refractivity contribution in [1.82, 2.24) is 15.7 Å². The molecular formula is C33H43N3O5. The Balaban J connectivity index is 1.59. The van der Waals surface area contributed by atoms with Crippen LogP contribution in [0.2, 0.25) is 0 Å². The normalized spacial score (nSPS) is 12.5. The topological polar surface area (TPSA) is 101 Å². The number of benzene rings is 2. The van der Waals surface area contributed by atoms with Gasteiger partial charge in [-0.25, -0.2) is 5.06 Å². The highest BCUT2D eigenvalue weighted by Crippen LogP contribution is 2.25. The molecule has 0 spiro atoms. The monoisotopic (exact) mass is 561 g/mol. The van der Waals surface area contributed by atoms with Crippen molar-refractivity contribution in [1.29, 1.82) is 0 Å². The minimum Gasteiger partial charge on any atom is -0.451 e. The number of nitrogens with one attached hydrogen (secondary N) is 2. The number of nitrogens with zero attached hydrogens (tertiary/aromatic N) is 1. The summed E-state index contributed by atoms with van der Waals surface area (Å²) in [5, 5.41) is 6.79. The van der Waals surface area contributed by atoms with Gasteiger partial charge in [0.05, 0.1) is 18.6 Å². The van der Waals surface area contributed by atoms with Gasteiger partial charge in [-0.2, -0.15) is 0 Å². The first kappa shape index (κ1) is 31.6. The molecule has 3 aromatic rings. The Hall–Kier alpha value is -3.91. The van der Waals surface area contributed by atoms with Gasteiger partial charge in [0.1, 0.15) is 12.4 Å². The van der Waals surface area contributed by atoms with Gasteiger partial charge >= 0.3 is 0 Å². The third-order valence-corrected chi connectivity index (χ3v) is 7.20. The first-order chi connectivity index (χ1) is 19.9. The van der Waals surface area contributed by atoms with Gasteiger partial charge in [0.25, 0.3) is 5.91 Å². The minimum atomic E-state index is -0.492. The molecule has 0 aliphatic rings. The Bertz CT molecular complexity index is 1220. The van der Waals surface area contributed by atoms with Crippen LogP contribution in [0, 0.1) is 5.92 Å². The third-order valence-electron chi connectivity index (χ3n) is 7.20. The van der Waals surface area contributed by atoms with Gasteiger partial charge in [0.15, 0.2) is 5.76 Å². The average molecular weight is 562 g/mol.